The van der Waals surface area contributed by atoms with Crippen LogP contribution < -0.4 is 21.1 Å². The van der Waals surface area contributed by atoms with Crippen LogP contribution in [0.3, 0.4) is 0 Å². The Bertz CT molecular complexity index is 1350. The number of rotatable bonds is 7. The zero-order valence-electron chi connectivity index (χ0n) is 23.4. The summed E-state index contributed by atoms with van der Waals surface area (Å²) in [6.45, 7) is 10.7. The normalized spacial score (nSPS) is 22.9. The number of amides is 1. The van der Waals surface area contributed by atoms with Gasteiger partial charge in [-0.1, -0.05) is 0 Å². The molecule has 10 heteroatoms. The maximum atomic E-state index is 14.4. The molecule has 0 radical (unpaired) electrons. The monoisotopic (exact) mass is 554 g/mol. The Balaban J connectivity index is 1.52. The topological polar surface area (TPSA) is 105 Å². The van der Waals surface area contributed by atoms with E-state index in [1.807, 2.05) is 20.8 Å². The number of ether oxygens (including phenoxy) is 1. The molecule has 2 aromatic heterocycles. The molecule has 5 rings (SSSR count). The van der Waals surface area contributed by atoms with Crippen molar-refractivity contribution in [1.29, 1.82) is 0 Å². The van der Waals surface area contributed by atoms with Crippen molar-refractivity contribution in [3.63, 3.8) is 0 Å². The summed E-state index contributed by atoms with van der Waals surface area (Å²) in [6.07, 6.45) is 3.28. The van der Waals surface area contributed by atoms with E-state index in [-0.39, 0.29) is 18.1 Å². The van der Waals surface area contributed by atoms with Crippen molar-refractivity contribution in [2.45, 2.75) is 77.1 Å². The summed E-state index contributed by atoms with van der Waals surface area (Å²) in [5.41, 5.74) is 10.4. The number of anilines is 2. The molecule has 4 N–H and O–H groups in total. The van der Waals surface area contributed by atoms with E-state index in [1.165, 1.54) is 22.5 Å². The molecule has 3 atom stereocenters. The van der Waals surface area contributed by atoms with E-state index in [2.05, 4.69) is 46.6 Å². The summed E-state index contributed by atoms with van der Waals surface area (Å²) in [7, 11) is 2.17. The van der Waals surface area contributed by atoms with Crippen molar-refractivity contribution in [2.75, 3.05) is 32.0 Å². The lowest BCUT2D eigenvalue weighted by atomic mass is 9.84. The van der Waals surface area contributed by atoms with Crippen molar-refractivity contribution >= 4 is 39.1 Å². The summed E-state index contributed by atoms with van der Waals surface area (Å²) in [5, 5.41) is 6.60. The van der Waals surface area contributed by atoms with Crippen molar-refractivity contribution in [2.24, 2.45) is 5.73 Å². The number of primary amides is 1. The highest BCUT2D eigenvalue weighted by Crippen LogP contribution is 2.41. The van der Waals surface area contributed by atoms with Gasteiger partial charge in [-0.25, -0.2) is 14.4 Å². The Morgan fingerprint density at radius 2 is 2.05 bits per heavy atom. The molecule has 4 heterocycles. The highest BCUT2D eigenvalue weighted by Gasteiger charge is 2.34. The number of aromatic nitrogens is 2. The number of benzene rings is 1. The summed E-state index contributed by atoms with van der Waals surface area (Å²) >= 11 is 1.27. The van der Waals surface area contributed by atoms with Crippen LogP contribution >= 0.6 is 11.3 Å². The van der Waals surface area contributed by atoms with Crippen molar-refractivity contribution in [3.8, 4) is 5.75 Å². The van der Waals surface area contributed by atoms with Crippen molar-refractivity contribution in [1.82, 2.24) is 20.2 Å². The zero-order valence-corrected chi connectivity index (χ0v) is 24.2. The minimum Gasteiger partial charge on any atom is -0.489 e. The van der Waals surface area contributed by atoms with Gasteiger partial charge in [-0.15, -0.1) is 11.3 Å². The summed E-state index contributed by atoms with van der Waals surface area (Å²) < 4.78 is 21.4. The Morgan fingerprint density at radius 1 is 1.31 bits per heavy atom. The van der Waals surface area contributed by atoms with E-state index in [4.69, 9.17) is 15.5 Å². The smallest absolute Gasteiger partial charge is 0.259 e. The number of nitrogens with one attached hydrogen (secondary N) is 2. The van der Waals surface area contributed by atoms with Gasteiger partial charge in [0.25, 0.3) is 5.91 Å². The first kappa shape index (κ1) is 27.7. The van der Waals surface area contributed by atoms with Gasteiger partial charge in [0.1, 0.15) is 11.9 Å². The third-order valence-electron chi connectivity index (χ3n) is 7.97. The molecule has 0 saturated carbocycles. The molecule has 0 spiro atoms. The number of nitrogens with two attached hydrogens (primary N) is 1. The predicted octanol–water partition coefficient (Wildman–Crippen LogP) is 5.24. The number of piperidine rings is 2. The van der Waals surface area contributed by atoms with Crippen LogP contribution in [0.15, 0.2) is 18.3 Å². The molecule has 2 aliphatic rings. The van der Waals surface area contributed by atoms with Gasteiger partial charge < -0.3 is 26.0 Å². The lowest BCUT2D eigenvalue weighted by Gasteiger charge is -2.32. The quantitative estimate of drug-likeness (QED) is 0.367. The van der Waals surface area contributed by atoms with E-state index in [0.717, 1.165) is 42.1 Å². The van der Waals surface area contributed by atoms with Gasteiger partial charge >= 0.3 is 0 Å². The summed E-state index contributed by atoms with van der Waals surface area (Å²) in [4.78, 5) is 24.6. The van der Waals surface area contributed by atoms with Gasteiger partial charge in [-0.2, -0.15) is 0 Å². The molecule has 1 amide bonds. The second kappa shape index (κ2) is 11.3. The Hall–Kier alpha value is -2.82. The standard InChI is InChI=1S/C29H39FN6O2S/c1-15(2)38-23-12-20(18-6-8-36(5)9-7-18)16(3)10-22(23)34-29-33-14-24-26(35-29)25(27(39-24)28(31)37)21-11-19(30)13-32-17(21)4/h10,12,14-15,17-19,21,32H,6-9,11,13H2,1-5H3,(H2,31,37)(H,33,34,35). The molecule has 8 nitrogen and oxygen atoms in total. The Morgan fingerprint density at radius 3 is 2.74 bits per heavy atom. The largest absolute Gasteiger partial charge is 0.489 e. The minimum atomic E-state index is -0.997. The summed E-state index contributed by atoms with van der Waals surface area (Å²) in [5.74, 6) is 0.920. The fourth-order valence-electron chi connectivity index (χ4n) is 5.92. The molecule has 210 valence electrons. The number of aryl methyl sites for hydroxylation is 1. The van der Waals surface area contributed by atoms with Gasteiger partial charge in [0, 0.05) is 24.1 Å². The number of hydrogen-bond donors (Lipinski definition) is 3. The van der Waals surface area contributed by atoms with Gasteiger partial charge in [0.15, 0.2) is 0 Å². The molecule has 3 unspecified atom stereocenters. The maximum Gasteiger partial charge on any atom is 0.259 e. The Kier molecular flexibility index (Phi) is 8.07. The lowest BCUT2D eigenvalue weighted by molar-refractivity contribution is 0.100. The van der Waals surface area contributed by atoms with E-state index >= 15 is 0 Å². The zero-order chi connectivity index (χ0) is 27.8. The maximum absolute atomic E-state index is 14.4. The first-order valence-electron chi connectivity index (χ1n) is 13.8. The van der Waals surface area contributed by atoms with E-state index < -0.39 is 12.1 Å². The SMILES string of the molecule is Cc1cc(Nc2ncc3sc(C(N)=O)c(C4CC(F)CNC4C)c3n2)c(OC(C)C)cc1C1CCN(C)CC1. The molecular formula is C29H39FN6O2S. The molecule has 0 aliphatic carbocycles. The average Bonchev–Trinajstić information content (AvgIpc) is 3.26. The summed E-state index contributed by atoms with van der Waals surface area (Å²) in [6, 6.07) is 4.27. The first-order chi connectivity index (χ1) is 18.6. The van der Waals surface area contributed by atoms with Crippen LogP contribution in [0.2, 0.25) is 0 Å². The first-order valence-corrected chi connectivity index (χ1v) is 14.7. The molecule has 3 aromatic rings. The highest BCUT2D eigenvalue weighted by molar-refractivity contribution is 7.21. The fraction of sp³-hybridized carbons (Fsp3) is 0.552. The second-order valence-electron chi connectivity index (χ2n) is 11.3. The van der Waals surface area contributed by atoms with Gasteiger partial charge in [-0.3, -0.25) is 4.79 Å². The number of nitrogens with zero attached hydrogens (tertiary/aromatic N) is 3. The molecule has 39 heavy (non-hydrogen) atoms. The van der Waals surface area contributed by atoms with Crippen LogP contribution in [0, 0.1) is 6.92 Å². The minimum absolute atomic E-state index is 0.00229. The van der Waals surface area contributed by atoms with Crippen LogP contribution in [-0.2, 0) is 0 Å². The molecule has 2 saturated heterocycles. The number of hydrogen-bond acceptors (Lipinski definition) is 8. The van der Waals surface area contributed by atoms with Gasteiger partial charge in [-0.05, 0) is 96.3 Å². The lowest BCUT2D eigenvalue weighted by Crippen LogP contribution is -2.43. The molecule has 2 aliphatic heterocycles. The van der Waals surface area contributed by atoms with Crippen LogP contribution in [0.4, 0.5) is 16.0 Å². The highest BCUT2D eigenvalue weighted by atomic mass is 32.1. The van der Waals surface area contributed by atoms with E-state index in [1.54, 1.807) is 6.20 Å². The molecule has 1 aromatic carbocycles. The number of carbonyl (C=O) groups excluding carboxylic acids is 1. The van der Waals surface area contributed by atoms with Crippen molar-refractivity contribution < 1.29 is 13.9 Å². The van der Waals surface area contributed by atoms with E-state index in [9.17, 15) is 9.18 Å². The fourth-order valence-corrected chi connectivity index (χ4v) is 6.95. The number of likely N-dealkylation sites (tertiary alicyclic amines) is 1. The second-order valence-corrected chi connectivity index (χ2v) is 12.4. The number of fused-ring (bicyclic) bond motifs is 1. The number of halogens is 1. The van der Waals surface area contributed by atoms with Crippen LogP contribution in [0.1, 0.15) is 78.2 Å². The van der Waals surface area contributed by atoms with Gasteiger partial charge in [0.2, 0.25) is 5.95 Å². The van der Waals surface area contributed by atoms with E-state index in [0.29, 0.717) is 40.8 Å². The van der Waals surface area contributed by atoms with Crippen LogP contribution in [0.25, 0.3) is 10.2 Å². The molecular weight excluding hydrogens is 515 g/mol. The van der Waals surface area contributed by atoms with Crippen LogP contribution in [-0.4, -0.2) is 65.8 Å². The predicted molar refractivity (Wildman–Crippen MR) is 155 cm³/mol. The molecule has 0 bridgehead atoms. The number of thiophene rings is 1. The molecule has 2 fully saturated rings. The average molecular weight is 555 g/mol. The van der Waals surface area contributed by atoms with Gasteiger partial charge in [0.05, 0.1) is 33.1 Å². The van der Waals surface area contributed by atoms with Crippen molar-refractivity contribution in [3.05, 3.63) is 39.9 Å². The third kappa shape index (κ3) is 5.88. The van der Waals surface area contributed by atoms with Crippen LogP contribution in [0.5, 0.6) is 5.75 Å². The Labute approximate surface area is 233 Å². The number of carbonyl (C=O) groups is 1. The number of alkyl halides is 1. The third-order valence-corrected chi connectivity index (χ3v) is 9.12.